The van der Waals surface area contributed by atoms with E-state index in [1.807, 2.05) is 24.3 Å². The van der Waals surface area contributed by atoms with Gasteiger partial charge in [-0.3, -0.25) is 4.99 Å². The highest BCUT2D eigenvalue weighted by Gasteiger charge is 2.25. The Morgan fingerprint density at radius 2 is 2.03 bits per heavy atom. The number of guanidine groups is 1. The summed E-state index contributed by atoms with van der Waals surface area (Å²) in [5.41, 5.74) is 2.34. The molecule has 0 aliphatic carbocycles. The summed E-state index contributed by atoms with van der Waals surface area (Å²) in [6.45, 7) is 5.85. The molecule has 1 saturated heterocycles. The van der Waals surface area contributed by atoms with E-state index in [1.54, 1.807) is 7.11 Å². The van der Waals surface area contributed by atoms with Gasteiger partial charge in [-0.1, -0.05) is 18.2 Å². The molecule has 0 spiro atoms. The van der Waals surface area contributed by atoms with Crippen LogP contribution in [0.2, 0.25) is 0 Å². The molecule has 2 aliphatic rings. The van der Waals surface area contributed by atoms with Gasteiger partial charge in [0.15, 0.2) is 17.5 Å². The van der Waals surface area contributed by atoms with Crippen LogP contribution in [-0.4, -0.2) is 52.1 Å². The van der Waals surface area contributed by atoms with Crippen molar-refractivity contribution in [3.63, 3.8) is 0 Å². The Hall–Kier alpha value is -2.36. The van der Waals surface area contributed by atoms with E-state index in [2.05, 4.69) is 40.7 Å². The average Bonchev–Trinajstić information content (AvgIpc) is 3.43. The maximum Gasteiger partial charge on any atom is 0.231 e. The Kier molecular flexibility index (Phi) is 8.51. The highest BCUT2D eigenvalue weighted by atomic mass is 127. The lowest BCUT2D eigenvalue weighted by Gasteiger charge is -2.22. The summed E-state index contributed by atoms with van der Waals surface area (Å²) in [6, 6.07) is 14.6. The van der Waals surface area contributed by atoms with Gasteiger partial charge in [0.05, 0.1) is 12.8 Å². The number of aliphatic imine (C=N–C) groups is 1. The molecule has 2 heterocycles. The lowest BCUT2D eigenvalue weighted by molar-refractivity contribution is 0.174. The summed E-state index contributed by atoms with van der Waals surface area (Å²) < 4.78 is 16.4. The Balaban J connectivity index is 0.00000272. The maximum atomic E-state index is 5.52. The molecule has 4 rings (SSSR count). The van der Waals surface area contributed by atoms with Crippen LogP contribution in [-0.2, 0) is 6.42 Å². The van der Waals surface area contributed by atoms with E-state index in [1.165, 1.54) is 5.56 Å². The van der Waals surface area contributed by atoms with Crippen molar-refractivity contribution < 1.29 is 14.2 Å². The average molecular weight is 538 g/mol. The van der Waals surface area contributed by atoms with Crippen LogP contribution in [0.4, 0.5) is 5.69 Å². The third-order valence-corrected chi connectivity index (χ3v) is 5.41. The van der Waals surface area contributed by atoms with Crippen molar-refractivity contribution in [3.8, 4) is 17.2 Å². The van der Waals surface area contributed by atoms with Gasteiger partial charge >= 0.3 is 0 Å². The van der Waals surface area contributed by atoms with Crippen LogP contribution < -0.4 is 29.7 Å². The number of benzene rings is 2. The predicted octanol–water partition coefficient (Wildman–Crippen LogP) is 3.42. The normalized spacial score (nSPS) is 17.3. The summed E-state index contributed by atoms with van der Waals surface area (Å²) in [7, 11) is 1.72. The van der Waals surface area contributed by atoms with Crippen molar-refractivity contribution in [1.82, 2.24) is 10.6 Å². The van der Waals surface area contributed by atoms with Crippen molar-refractivity contribution in [3.05, 3.63) is 48.0 Å². The number of hydrogen-bond acceptors (Lipinski definition) is 5. The third-order valence-electron chi connectivity index (χ3n) is 5.41. The first-order valence-electron chi connectivity index (χ1n) is 10.6. The zero-order valence-corrected chi connectivity index (χ0v) is 20.4. The van der Waals surface area contributed by atoms with Gasteiger partial charge in [-0.15, -0.1) is 24.0 Å². The van der Waals surface area contributed by atoms with Crippen molar-refractivity contribution in [2.75, 3.05) is 45.0 Å². The highest BCUT2D eigenvalue weighted by molar-refractivity contribution is 14.0. The van der Waals surface area contributed by atoms with Gasteiger partial charge < -0.3 is 29.7 Å². The molecule has 31 heavy (non-hydrogen) atoms. The second-order valence-electron chi connectivity index (χ2n) is 7.45. The van der Waals surface area contributed by atoms with Crippen molar-refractivity contribution in [2.45, 2.75) is 25.8 Å². The number of anilines is 1. The molecule has 0 aromatic heterocycles. The Morgan fingerprint density at radius 3 is 2.87 bits per heavy atom. The van der Waals surface area contributed by atoms with Gasteiger partial charge in [0.1, 0.15) is 5.75 Å². The summed E-state index contributed by atoms with van der Waals surface area (Å²) in [5, 5.41) is 6.96. The molecule has 1 fully saturated rings. The first kappa shape index (κ1) is 23.3. The minimum Gasteiger partial charge on any atom is -0.495 e. The fourth-order valence-corrected chi connectivity index (χ4v) is 3.89. The zero-order valence-electron chi connectivity index (χ0n) is 18.1. The zero-order chi connectivity index (χ0) is 20.8. The van der Waals surface area contributed by atoms with E-state index in [4.69, 9.17) is 19.2 Å². The molecule has 168 valence electrons. The molecule has 1 atom stereocenters. The highest BCUT2D eigenvalue weighted by Crippen LogP contribution is 2.32. The van der Waals surface area contributed by atoms with Crippen LogP contribution >= 0.6 is 24.0 Å². The molecular weight excluding hydrogens is 507 g/mol. The second-order valence-corrected chi connectivity index (χ2v) is 7.45. The van der Waals surface area contributed by atoms with Crippen molar-refractivity contribution >= 4 is 35.6 Å². The van der Waals surface area contributed by atoms with Crippen molar-refractivity contribution in [1.29, 1.82) is 0 Å². The van der Waals surface area contributed by atoms with E-state index >= 15 is 0 Å². The number of halogens is 1. The van der Waals surface area contributed by atoms with Gasteiger partial charge in [0.2, 0.25) is 6.79 Å². The molecule has 2 aromatic carbocycles. The quantitative estimate of drug-likeness (QED) is 0.320. The topological polar surface area (TPSA) is 67.4 Å². The fourth-order valence-electron chi connectivity index (χ4n) is 3.89. The summed E-state index contributed by atoms with van der Waals surface area (Å²) in [6.07, 6.45) is 1.91. The SMILES string of the molecule is CCNC(=NCCc1ccc2c(c1)OCO2)NC1CCN(c2ccccc2OC)C1.I. The largest absolute Gasteiger partial charge is 0.495 e. The van der Waals surface area contributed by atoms with Gasteiger partial charge in [-0.2, -0.15) is 0 Å². The van der Waals surface area contributed by atoms with E-state index in [0.29, 0.717) is 19.4 Å². The first-order chi connectivity index (χ1) is 14.8. The number of rotatable bonds is 7. The maximum absolute atomic E-state index is 5.52. The van der Waals surface area contributed by atoms with Crippen LogP contribution in [0.25, 0.3) is 0 Å². The van der Waals surface area contributed by atoms with E-state index in [0.717, 1.165) is 61.4 Å². The number of nitrogens with one attached hydrogen (secondary N) is 2. The van der Waals surface area contributed by atoms with E-state index in [-0.39, 0.29) is 24.0 Å². The smallest absolute Gasteiger partial charge is 0.231 e. The fraction of sp³-hybridized carbons (Fsp3) is 0.435. The van der Waals surface area contributed by atoms with Crippen LogP contribution in [0.3, 0.4) is 0 Å². The molecule has 2 aliphatic heterocycles. The molecule has 8 heteroatoms. The van der Waals surface area contributed by atoms with Crippen LogP contribution in [0.15, 0.2) is 47.5 Å². The number of hydrogen-bond donors (Lipinski definition) is 2. The molecule has 1 unspecified atom stereocenters. The summed E-state index contributed by atoms with van der Waals surface area (Å²) in [4.78, 5) is 7.14. The van der Waals surface area contributed by atoms with Gasteiger partial charge in [0.25, 0.3) is 0 Å². The molecule has 2 N–H and O–H groups in total. The number of nitrogens with zero attached hydrogens (tertiary/aromatic N) is 2. The first-order valence-corrected chi connectivity index (χ1v) is 10.6. The molecule has 2 aromatic rings. The van der Waals surface area contributed by atoms with E-state index in [9.17, 15) is 0 Å². The number of ether oxygens (including phenoxy) is 3. The number of methoxy groups -OCH3 is 1. The predicted molar refractivity (Wildman–Crippen MR) is 134 cm³/mol. The van der Waals surface area contributed by atoms with Crippen LogP contribution in [0.5, 0.6) is 17.2 Å². The second kappa shape index (κ2) is 11.3. The van der Waals surface area contributed by atoms with Gasteiger partial charge in [-0.05, 0) is 49.6 Å². The lowest BCUT2D eigenvalue weighted by atomic mass is 10.1. The molecule has 0 saturated carbocycles. The van der Waals surface area contributed by atoms with Gasteiger partial charge in [0, 0.05) is 32.2 Å². The van der Waals surface area contributed by atoms with Crippen LogP contribution in [0.1, 0.15) is 18.9 Å². The van der Waals surface area contributed by atoms with Crippen molar-refractivity contribution in [2.24, 2.45) is 4.99 Å². The monoisotopic (exact) mass is 538 g/mol. The molecule has 0 radical (unpaired) electrons. The summed E-state index contributed by atoms with van der Waals surface area (Å²) in [5.74, 6) is 3.43. The molecular formula is C23H31IN4O3. The minimum atomic E-state index is 0. The Labute approximate surface area is 201 Å². The number of fused-ring (bicyclic) bond motifs is 1. The minimum absolute atomic E-state index is 0. The molecule has 0 amide bonds. The number of para-hydroxylation sites is 2. The lowest BCUT2D eigenvalue weighted by Crippen LogP contribution is -2.44. The Bertz CT molecular complexity index is 893. The molecule has 0 bridgehead atoms. The summed E-state index contributed by atoms with van der Waals surface area (Å²) >= 11 is 0. The Morgan fingerprint density at radius 1 is 1.19 bits per heavy atom. The van der Waals surface area contributed by atoms with Gasteiger partial charge in [-0.25, -0.2) is 0 Å². The van der Waals surface area contributed by atoms with Crippen LogP contribution in [0, 0.1) is 0 Å². The third kappa shape index (κ3) is 5.87. The molecule has 7 nitrogen and oxygen atoms in total. The standard InChI is InChI=1S/C23H30N4O3.HI/c1-3-24-23(25-12-10-17-8-9-21-22(14-17)30-16-29-21)26-18-11-13-27(15-18)19-6-4-5-7-20(19)28-2;/h4-9,14,18H,3,10-13,15-16H2,1-2H3,(H2,24,25,26);1H. The van der Waals surface area contributed by atoms with E-state index < -0.39 is 0 Å².